The average Bonchev–Trinajstić information content (AvgIpc) is 2.99. The van der Waals surface area contributed by atoms with E-state index in [0.29, 0.717) is 5.92 Å². The maximum absolute atomic E-state index is 9.65. The zero-order valence-electron chi connectivity index (χ0n) is 7.82. The predicted molar refractivity (Wildman–Crippen MR) is 53.5 cm³/mol. The van der Waals surface area contributed by atoms with Gasteiger partial charge in [-0.05, 0) is 37.2 Å². The summed E-state index contributed by atoms with van der Waals surface area (Å²) in [6, 6.07) is 10.4. The third-order valence-electron chi connectivity index (χ3n) is 2.74. The molecule has 0 saturated heterocycles. The Morgan fingerprint density at radius 2 is 1.92 bits per heavy atom. The predicted octanol–water partition coefficient (Wildman–Crippen LogP) is 2.39. The summed E-state index contributed by atoms with van der Waals surface area (Å²) in [5, 5.41) is 9.65. The van der Waals surface area contributed by atoms with Crippen LogP contribution >= 0.6 is 0 Å². The van der Waals surface area contributed by atoms with Crippen molar-refractivity contribution in [3.05, 3.63) is 35.9 Å². The Balaban J connectivity index is 1.78. The van der Waals surface area contributed by atoms with E-state index in [1.54, 1.807) is 0 Å². The zero-order valence-corrected chi connectivity index (χ0v) is 7.82. The molecule has 70 valence electrons. The van der Waals surface area contributed by atoms with Gasteiger partial charge in [0.25, 0.3) is 0 Å². The second kappa shape index (κ2) is 3.93. The molecular weight excluding hydrogens is 160 g/mol. The van der Waals surface area contributed by atoms with Gasteiger partial charge in [-0.3, -0.25) is 0 Å². The summed E-state index contributed by atoms with van der Waals surface area (Å²) in [4.78, 5) is 0. The molecule has 0 amide bonds. The van der Waals surface area contributed by atoms with E-state index in [2.05, 4.69) is 24.3 Å². The van der Waals surface area contributed by atoms with Gasteiger partial charge in [0.15, 0.2) is 0 Å². The molecule has 0 aromatic heterocycles. The van der Waals surface area contributed by atoms with Crippen LogP contribution in [0.5, 0.6) is 0 Å². The number of aliphatic hydroxyl groups excluding tert-OH is 1. The van der Waals surface area contributed by atoms with Crippen molar-refractivity contribution in [1.29, 1.82) is 0 Å². The summed E-state index contributed by atoms with van der Waals surface area (Å²) in [6.07, 6.45) is 4.35. The summed E-state index contributed by atoms with van der Waals surface area (Å²) in [5.74, 6) is 0.615. The van der Waals surface area contributed by atoms with E-state index in [1.807, 2.05) is 6.07 Å². The second-order valence-corrected chi connectivity index (χ2v) is 3.93. The molecule has 1 aromatic rings. The quantitative estimate of drug-likeness (QED) is 0.746. The normalized spacial score (nSPS) is 18.5. The molecule has 0 spiro atoms. The van der Waals surface area contributed by atoms with Crippen LogP contribution in [-0.2, 0) is 6.42 Å². The fourth-order valence-corrected chi connectivity index (χ4v) is 1.68. The van der Waals surface area contributed by atoms with Gasteiger partial charge in [-0.2, -0.15) is 0 Å². The molecule has 0 bridgehead atoms. The van der Waals surface area contributed by atoms with E-state index in [4.69, 9.17) is 0 Å². The highest BCUT2D eigenvalue weighted by Crippen LogP contribution is 2.34. The van der Waals surface area contributed by atoms with Crippen LogP contribution in [-0.4, -0.2) is 11.2 Å². The van der Waals surface area contributed by atoms with Gasteiger partial charge in [0.1, 0.15) is 0 Å². The van der Waals surface area contributed by atoms with Crippen LogP contribution in [0.3, 0.4) is 0 Å². The largest absolute Gasteiger partial charge is 0.393 e. The van der Waals surface area contributed by atoms with E-state index in [9.17, 15) is 5.11 Å². The highest BCUT2D eigenvalue weighted by atomic mass is 16.3. The Labute approximate surface area is 79.4 Å². The molecule has 1 atom stereocenters. The van der Waals surface area contributed by atoms with Gasteiger partial charge in [0.2, 0.25) is 0 Å². The fourth-order valence-electron chi connectivity index (χ4n) is 1.68. The molecular formula is C12H16O. The number of rotatable bonds is 4. The summed E-state index contributed by atoms with van der Waals surface area (Å²) in [5.41, 5.74) is 1.34. The SMILES string of the molecule is OC(CCc1ccccc1)C1CC1. The first-order chi connectivity index (χ1) is 6.36. The van der Waals surface area contributed by atoms with Crippen LogP contribution in [0.4, 0.5) is 0 Å². The van der Waals surface area contributed by atoms with E-state index in [-0.39, 0.29) is 6.10 Å². The van der Waals surface area contributed by atoms with Crippen molar-refractivity contribution < 1.29 is 5.11 Å². The van der Waals surface area contributed by atoms with E-state index in [0.717, 1.165) is 12.8 Å². The molecule has 0 aliphatic heterocycles. The molecule has 0 radical (unpaired) electrons. The number of aliphatic hydroxyl groups is 1. The van der Waals surface area contributed by atoms with Crippen molar-refractivity contribution in [1.82, 2.24) is 0 Å². The van der Waals surface area contributed by atoms with E-state index in [1.165, 1.54) is 18.4 Å². The summed E-state index contributed by atoms with van der Waals surface area (Å²) in [6.45, 7) is 0. The Morgan fingerprint density at radius 3 is 2.54 bits per heavy atom. The van der Waals surface area contributed by atoms with Crippen LogP contribution in [0.1, 0.15) is 24.8 Å². The monoisotopic (exact) mass is 176 g/mol. The molecule has 0 heterocycles. The minimum Gasteiger partial charge on any atom is -0.393 e. The van der Waals surface area contributed by atoms with Crippen LogP contribution in [0.2, 0.25) is 0 Å². The van der Waals surface area contributed by atoms with Crippen LogP contribution in [0.25, 0.3) is 0 Å². The molecule has 1 fully saturated rings. The highest BCUT2D eigenvalue weighted by molar-refractivity contribution is 5.14. The first kappa shape index (κ1) is 8.76. The Morgan fingerprint density at radius 1 is 1.23 bits per heavy atom. The molecule has 1 nitrogen and oxygen atoms in total. The molecule has 13 heavy (non-hydrogen) atoms. The summed E-state index contributed by atoms with van der Waals surface area (Å²) < 4.78 is 0. The lowest BCUT2D eigenvalue weighted by atomic mass is 10.0. The number of hydrogen-bond donors (Lipinski definition) is 1. The molecule has 1 aliphatic carbocycles. The number of aryl methyl sites for hydroxylation is 1. The maximum atomic E-state index is 9.65. The molecule has 2 rings (SSSR count). The lowest BCUT2D eigenvalue weighted by Crippen LogP contribution is -2.09. The third-order valence-corrected chi connectivity index (χ3v) is 2.74. The first-order valence-corrected chi connectivity index (χ1v) is 5.08. The van der Waals surface area contributed by atoms with Crippen molar-refractivity contribution >= 4 is 0 Å². The van der Waals surface area contributed by atoms with Crippen molar-refractivity contribution in [3.8, 4) is 0 Å². The maximum Gasteiger partial charge on any atom is 0.0571 e. The van der Waals surface area contributed by atoms with Crippen molar-refractivity contribution in [3.63, 3.8) is 0 Å². The highest BCUT2D eigenvalue weighted by Gasteiger charge is 2.28. The smallest absolute Gasteiger partial charge is 0.0571 e. The van der Waals surface area contributed by atoms with Crippen LogP contribution < -0.4 is 0 Å². The average molecular weight is 176 g/mol. The minimum absolute atomic E-state index is 0.0554. The molecule has 1 N–H and O–H groups in total. The molecule has 1 aliphatic rings. The van der Waals surface area contributed by atoms with Gasteiger partial charge in [-0.25, -0.2) is 0 Å². The summed E-state index contributed by atoms with van der Waals surface area (Å²) >= 11 is 0. The lowest BCUT2D eigenvalue weighted by molar-refractivity contribution is 0.142. The minimum atomic E-state index is -0.0554. The number of hydrogen-bond acceptors (Lipinski definition) is 1. The van der Waals surface area contributed by atoms with Gasteiger partial charge in [-0.1, -0.05) is 30.3 Å². The Bertz CT molecular complexity index is 251. The molecule has 1 heteroatoms. The third kappa shape index (κ3) is 2.56. The lowest BCUT2D eigenvalue weighted by Gasteiger charge is -2.08. The standard InChI is InChI=1S/C12H16O/c13-12(11-7-8-11)9-6-10-4-2-1-3-5-10/h1-5,11-13H,6-9H2. The molecule has 1 aromatic carbocycles. The van der Waals surface area contributed by atoms with E-state index >= 15 is 0 Å². The van der Waals surface area contributed by atoms with Crippen LogP contribution in [0.15, 0.2) is 30.3 Å². The Kier molecular flexibility index (Phi) is 2.65. The van der Waals surface area contributed by atoms with Crippen molar-refractivity contribution in [2.75, 3.05) is 0 Å². The van der Waals surface area contributed by atoms with Crippen molar-refractivity contribution in [2.45, 2.75) is 31.8 Å². The second-order valence-electron chi connectivity index (χ2n) is 3.93. The van der Waals surface area contributed by atoms with Gasteiger partial charge >= 0.3 is 0 Å². The van der Waals surface area contributed by atoms with Gasteiger partial charge in [0.05, 0.1) is 6.10 Å². The fraction of sp³-hybridized carbons (Fsp3) is 0.500. The van der Waals surface area contributed by atoms with Gasteiger partial charge < -0.3 is 5.11 Å². The number of benzene rings is 1. The molecule has 1 unspecified atom stereocenters. The summed E-state index contributed by atoms with van der Waals surface area (Å²) in [7, 11) is 0. The molecule has 1 saturated carbocycles. The Hall–Kier alpha value is -0.820. The topological polar surface area (TPSA) is 20.2 Å². The zero-order chi connectivity index (χ0) is 9.10. The van der Waals surface area contributed by atoms with Crippen molar-refractivity contribution in [2.24, 2.45) is 5.92 Å². The van der Waals surface area contributed by atoms with Crippen LogP contribution in [0, 0.1) is 5.92 Å². The van der Waals surface area contributed by atoms with Gasteiger partial charge in [-0.15, -0.1) is 0 Å². The first-order valence-electron chi connectivity index (χ1n) is 5.08. The van der Waals surface area contributed by atoms with Gasteiger partial charge in [0, 0.05) is 0 Å². The van der Waals surface area contributed by atoms with E-state index < -0.39 is 0 Å².